The van der Waals surface area contributed by atoms with Gasteiger partial charge in [-0.3, -0.25) is 4.40 Å². The monoisotopic (exact) mass is 347 g/mol. The molecule has 3 aromatic heterocycles. The molecule has 0 aliphatic rings. The second-order valence-electron chi connectivity index (χ2n) is 5.30. The molecular weight excluding hydrogens is 336 g/mol. The van der Waals surface area contributed by atoms with Crippen molar-refractivity contribution in [1.29, 1.82) is 0 Å². The van der Waals surface area contributed by atoms with Crippen molar-refractivity contribution in [2.45, 2.75) is 19.8 Å². The summed E-state index contributed by atoms with van der Waals surface area (Å²) in [6.07, 6.45) is 2.33. The van der Waals surface area contributed by atoms with Crippen LogP contribution in [0.25, 0.3) is 22.2 Å². The smallest absolute Gasteiger partial charge is 0.280 e. The van der Waals surface area contributed by atoms with Crippen molar-refractivity contribution in [3.05, 3.63) is 53.3 Å². The second kappa shape index (κ2) is 5.52. The molecule has 0 unspecified atom stereocenters. The van der Waals surface area contributed by atoms with Gasteiger partial charge in [0, 0.05) is 5.39 Å². The minimum Gasteiger partial charge on any atom is -0.280 e. The summed E-state index contributed by atoms with van der Waals surface area (Å²) >= 11 is 6.29. The highest BCUT2D eigenvalue weighted by Crippen LogP contribution is 2.30. The van der Waals surface area contributed by atoms with E-state index in [2.05, 4.69) is 15.1 Å². The van der Waals surface area contributed by atoms with E-state index in [1.54, 1.807) is 30.1 Å². The third-order valence-electron chi connectivity index (χ3n) is 3.94. The molecule has 0 saturated heterocycles. The number of hydrogen-bond donors (Lipinski definition) is 0. The number of aryl methyl sites for hydroxylation is 1. The largest absolute Gasteiger partial charge is 0.280 e. The van der Waals surface area contributed by atoms with Crippen LogP contribution in [0, 0.1) is 0 Å². The Morgan fingerprint density at radius 3 is 2.83 bits per heavy atom. The standard InChI is InChI=1S/C16H12ClF2N5/c1-2-11-14(15(18)19)23-8-20-7-12(16(23)22-11)24-13-9(6-21-24)4-3-5-10(13)17/h3-8,15H,2H2,1H3. The highest BCUT2D eigenvalue weighted by atomic mass is 35.5. The van der Waals surface area contributed by atoms with E-state index < -0.39 is 6.43 Å². The molecule has 0 saturated carbocycles. The second-order valence-corrected chi connectivity index (χ2v) is 5.71. The molecule has 8 heteroatoms. The Balaban J connectivity index is 2.07. The molecule has 1 aromatic carbocycles. The number of halogens is 3. The fraction of sp³-hybridized carbons (Fsp3) is 0.188. The summed E-state index contributed by atoms with van der Waals surface area (Å²) in [7, 11) is 0. The molecule has 0 atom stereocenters. The van der Waals surface area contributed by atoms with E-state index in [9.17, 15) is 8.78 Å². The molecule has 0 fully saturated rings. The van der Waals surface area contributed by atoms with Gasteiger partial charge in [0.15, 0.2) is 5.65 Å². The average Bonchev–Trinajstić information content (AvgIpc) is 3.16. The molecule has 0 radical (unpaired) electrons. The van der Waals surface area contributed by atoms with Crippen LogP contribution in [0.2, 0.25) is 5.02 Å². The van der Waals surface area contributed by atoms with Gasteiger partial charge < -0.3 is 0 Å². The third-order valence-corrected chi connectivity index (χ3v) is 4.25. The number of imidazole rings is 1. The molecule has 4 rings (SSSR count). The molecule has 0 N–H and O–H groups in total. The molecule has 4 aromatic rings. The van der Waals surface area contributed by atoms with Crippen LogP contribution in [-0.4, -0.2) is 24.1 Å². The van der Waals surface area contributed by atoms with E-state index in [-0.39, 0.29) is 5.69 Å². The minimum absolute atomic E-state index is 0.135. The van der Waals surface area contributed by atoms with E-state index in [1.165, 1.54) is 10.7 Å². The lowest BCUT2D eigenvalue weighted by Gasteiger charge is -2.07. The number of alkyl halides is 2. The third kappa shape index (κ3) is 2.08. The Morgan fingerprint density at radius 1 is 1.25 bits per heavy atom. The fourth-order valence-corrected chi connectivity index (χ4v) is 3.14. The highest BCUT2D eigenvalue weighted by Gasteiger charge is 2.22. The molecule has 0 amide bonds. The van der Waals surface area contributed by atoms with Crippen LogP contribution in [0.5, 0.6) is 0 Å². The van der Waals surface area contributed by atoms with Crippen molar-refractivity contribution < 1.29 is 8.78 Å². The molecule has 0 aliphatic heterocycles. The quantitative estimate of drug-likeness (QED) is 0.557. The zero-order chi connectivity index (χ0) is 16.8. The molecule has 0 bridgehead atoms. The van der Waals surface area contributed by atoms with Crippen LogP contribution >= 0.6 is 11.6 Å². The van der Waals surface area contributed by atoms with Gasteiger partial charge >= 0.3 is 0 Å². The first kappa shape index (κ1) is 15.0. The number of para-hydroxylation sites is 1. The van der Waals surface area contributed by atoms with Gasteiger partial charge in [-0.1, -0.05) is 30.7 Å². The highest BCUT2D eigenvalue weighted by molar-refractivity contribution is 6.35. The van der Waals surface area contributed by atoms with E-state index >= 15 is 0 Å². The van der Waals surface area contributed by atoms with Crippen LogP contribution in [0.15, 0.2) is 36.9 Å². The predicted molar refractivity (Wildman–Crippen MR) is 87.0 cm³/mol. The summed E-state index contributed by atoms with van der Waals surface area (Å²) in [5, 5.41) is 5.70. The molecule has 3 heterocycles. The number of nitrogens with zero attached hydrogens (tertiary/aromatic N) is 5. The fourth-order valence-electron chi connectivity index (χ4n) is 2.88. The molecular formula is C16H12ClF2N5. The van der Waals surface area contributed by atoms with Gasteiger partial charge in [-0.15, -0.1) is 0 Å². The van der Waals surface area contributed by atoms with Crippen molar-refractivity contribution in [3.8, 4) is 5.69 Å². The van der Waals surface area contributed by atoms with Crippen LogP contribution in [0.3, 0.4) is 0 Å². The molecule has 0 aliphatic carbocycles. The molecule has 0 spiro atoms. The van der Waals surface area contributed by atoms with Crippen LogP contribution in [-0.2, 0) is 6.42 Å². The number of benzene rings is 1. The summed E-state index contributed by atoms with van der Waals surface area (Å²) in [5.41, 5.74) is 1.78. The average molecular weight is 348 g/mol. The lowest BCUT2D eigenvalue weighted by molar-refractivity contribution is 0.143. The maximum atomic E-state index is 13.4. The first-order chi connectivity index (χ1) is 11.6. The van der Waals surface area contributed by atoms with Crippen molar-refractivity contribution in [2.24, 2.45) is 0 Å². The van der Waals surface area contributed by atoms with Gasteiger partial charge in [0.2, 0.25) is 0 Å². The first-order valence-electron chi connectivity index (χ1n) is 7.37. The van der Waals surface area contributed by atoms with Gasteiger partial charge in [0.05, 0.1) is 28.6 Å². The van der Waals surface area contributed by atoms with Gasteiger partial charge in [0.25, 0.3) is 6.43 Å². The van der Waals surface area contributed by atoms with Gasteiger partial charge in [-0.05, 0) is 12.5 Å². The van der Waals surface area contributed by atoms with Gasteiger partial charge in [-0.2, -0.15) is 5.10 Å². The van der Waals surface area contributed by atoms with Gasteiger partial charge in [-0.25, -0.2) is 23.4 Å². The summed E-state index contributed by atoms with van der Waals surface area (Å²) in [6.45, 7) is 1.79. The van der Waals surface area contributed by atoms with Crippen molar-refractivity contribution in [3.63, 3.8) is 0 Å². The van der Waals surface area contributed by atoms with Crippen LogP contribution in [0.1, 0.15) is 24.7 Å². The predicted octanol–water partition coefficient (Wildman–Crippen LogP) is 4.22. The zero-order valence-electron chi connectivity index (χ0n) is 12.6. The normalized spacial score (nSPS) is 11.9. The number of fused-ring (bicyclic) bond motifs is 2. The number of hydrogen-bond acceptors (Lipinski definition) is 3. The Kier molecular flexibility index (Phi) is 3.45. The lowest BCUT2D eigenvalue weighted by atomic mass is 10.2. The lowest BCUT2D eigenvalue weighted by Crippen LogP contribution is -2.03. The summed E-state index contributed by atoms with van der Waals surface area (Å²) in [6, 6.07) is 5.46. The maximum absolute atomic E-state index is 13.4. The molecule has 122 valence electrons. The Bertz CT molecular complexity index is 1050. The van der Waals surface area contributed by atoms with Gasteiger partial charge in [0.1, 0.15) is 17.7 Å². The maximum Gasteiger partial charge on any atom is 0.280 e. The minimum atomic E-state index is -2.63. The van der Waals surface area contributed by atoms with E-state index in [0.717, 1.165) is 5.39 Å². The van der Waals surface area contributed by atoms with Crippen LogP contribution in [0.4, 0.5) is 8.78 Å². The topological polar surface area (TPSA) is 48.0 Å². The molecule has 5 nitrogen and oxygen atoms in total. The number of aromatic nitrogens is 5. The Hall–Kier alpha value is -2.54. The zero-order valence-corrected chi connectivity index (χ0v) is 13.4. The summed E-state index contributed by atoms with van der Waals surface area (Å²) in [4.78, 5) is 8.47. The van der Waals surface area contributed by atoms with Crippen molar-refractivity contribution in [1.82, 2.24) is 24.1 Å². The van der Waals surface area contributed by atoms with Crippen molar-refractivity contribution >= 4 is 28.2 Å². The van der Waals surface area contributed by atoms with E-state index in [0.29, 0.717) is 34.0 Å². The Morgan fingerprint density at radius 2 is 2.08 bits per heavy atom. The Labute approximate surface area is 140 Å². The SMILES string of the molecule is CCc1nc2c(-n3ncc4cccc(Cl)c43)cncn2c1C(F)F. The van der Waals surface area contributed by atoms with E-state index in [4.69, 9.17) is 11.6 Å². The van der Waals surface area contributed by atoms with E-state index in [1.807, 2.05) is 12.1 Å². The number of rotatable bonds is 3. The van der Waals surface area contributed by atoms with Crippen LogP contribution < -0.4 is 0 Å². The molecule has 24 heavy (non-hydrogen) atoms. The summed E-state index contributed by atoms with van der Waals surface area (Å²) in [5.74, 6) is 0. The summed E-state index contributed by atoms with van der Waals surface area (Å²) < 4.78 is 29.8. The van der Waals surface area contributed by atoms with Crippen molar-refractivity contribution in [2.75, 3.05) is 0 Å². The first-order valence-corrected chi connectivity index (χ1v) is 7.75.